The molecule has 1 heterocycles. The van der Waals surface area contributed by atoms with Gasteiger partial charge in [-0.3, -0.25) is 0 Å². The summed E-state index contributed by atoms with van der Waals surface area (Å²) in [4.78, 5) is 0.189. The molecule has 6 nitrogen and oxygen atoms in total. The van der Waals surface area contributed by atoms with E-state index in [1.165, 1.54) is 10.4 Å². The molecule has 2 rings (SSSR count). The molecule has 8 heteroatoms. The largest absolute Gasteiger partial charge is 0.398 e. The second-order valence-corrected chi connectivity index (χ2v) is 7.97. The summed E-state index contributed by atoms with van der Waals surface area (Å²) in [6.45, 7) is 3.70. The Labute approximate surface area is 133 Å². The molecule has 3 N–H and O–H groups in total. The van der Waals surface area contributed by atoms with E-state index in [0.29, 0.717) is 15.7 Å². The van der Waals surface area contributed by atoms with Crippen LogP contribution in [0.2, 0.25) is 0 Å². The Bertz CT molecular complexity index is 635. The van der Waals surface area contributed by atoms with Crippen molar-refractivity contribution in [1.29, 1.82) is 0 Å². The molecule has 0 bridgehead atoms. The maximum absolute atomic E-state index is 12.8. The molecule has 1 aromatic carbocycles. The minimum Gasteiger partial charge on any atom is -0.398 e. The summed E-state index contributed by atoms with van der Waals surface area (Å²) in [6, 6.07) is 3.15. The van der Waals surface area contributed by atoms with E-state index in [4.69, 9.17) is 10.5 Å². The highest BCUT2D eigenvalue weighted by atomic mass is 79.9. The molecule has 0 spiro atoms. The van der Waals surface area contributed by atoms with Gasteiger partial charge >= 0.3 is 0 Å². The number of nitrogens with zero attached hydrogens (tertiary/aromatic N) is 1. The molecule has 1 fully saturated rings. The first kappa shape index (κ1) is 16.7. The summed E-state index contributed by atoms with van der Waals surface area (Å²) in [5, 5.41) is 9.23. The molecule has 118 valence electrons. The normalized spacial score (nSPS) is 24.2. The second kappa shape index (κ2) is 6.21. The van der Waals surface area contributed by atoms with Crippen molar-refractivity contribution in [3.05, 3.63) is 22.2 Å². The molecule has 1 aliphatic rings. The van der Waals surface area contributed by atoms with Gasteiger partial charge in [0, 0.05) is 23.2 Å². The van der Waals surface area contributed by atoms with Gasteiger partial charge in [-0.15, -0.1) is 0 Å². The van der Waals surface area contributed by atoms with Crippen LogP contribution in [0.15, 0.2) is 21.5 Å². The molecule has 0 radical (unpaired) electrons. The molecule has 1 saturated heterocycles. The molecule has 1 aliphatic heterocycles. The Morgan fingerprint density at radius 3 is 2.76 bits per heavy atom. The van der Waals surface area contributed by atoms with Gasteiger partial charge in [0.15, 0.2) is 0 Å². The predicted molar refractivity (Wildman–Crippen MR) is 83.5 cm³/mol. The van der Waals surface area contributed by atoms with Crippen LogP contribution in [0.1, 0.15) is 12.5 Å². The van der Waals surface area contributed by atoms with Crippen LogP contribution in [-0.2, 0) is 14.8 Å². The van der Waals surface area contributed by atoms with Gasteiger partial charge in [-0.1, -0.05) is 0 Å². The number of nitrogen functional groups attached to an aromatic ring is 1. The van der Waals surface area contributed by atoms with E-state index in [1.54, 1.807) is 19.9 Å². The number of sulfonamides is 1. The molecule has 21 heavy (non-hydrogen) atoms. The first-order valence-corrected chi connectivity index (χ1v) is 8.81. The summed E-state index contributed by atoms with van der Waals surface area (Å²) in [5.74, 6) is 0. The number of aliphatic hydroxyl groups is 1. The highest BCUT2D eigenvalue weighted by molar-refractivity contribution is 9.10. The number of aliphatic hydroxyl groups excluding tert-OH is 1. The number of hydrogen-bond donors (Lipinski definition) is 2. The van der Waals surface area contributed by atoms with E-state index in [1.807, 2.05) is 0 Å². The molecule has 0 aromatic heterocycles. The van der Waals surface area contributed by atoms with Crippen LogP contribution < -0.4 is 5.73 Å². The number of rotatable bonds is 3. The molecule has 0 saturated carbocycles. The van der Waals surface area contributed by atoms with Gasteiger partial charge in [0.25, 0.3) is 0 Å². The number of anilines is 1. The smallest absolute Gasteiger partial charge is 0.243 e. The molecule has 2 atom stereocenters. The Morgan fingerprint density at radius 1 is 1.48 bits per heavy atom. The summed E-state index contributed by atoms with van der Waals surface area (Å²) in [7, 11) is -3.67. The van der Waals surface area contributed by atoms with Crippen molar-refractivity contribution in [3.63, 3.8) is 0 Å². The average Bonchev–Trinajstić information content (AvgIpc) is 2.41. The summed E-state index contributed by atoms with van der Waals surface area (Å²) >= 11 is 3.29. The Kier molecular flexibility index (Phi) is 4.94. The average molecular weight is 379 g/mol. The number of aryl methyl sites for hydroxylation is 1. The second-order valence-electron chi connectivity index (χ2n) is 5.21. The minimum absolute atomic E-state index is 0.137. The van der Waals surface area contributed by atoms with Crippen molar-refractivity contribution in [2.75, 3.05) is 25.4 Å². The Balaban J connectivity index is 2.40. The molecule has 1 aromatic rings. The fraction of sp³-hybridized carbons (Fsp3) is 0.538. The zero-order chi connectivity index (χ0) is 15.8. The number of morpholine rings is 1. The fourth-order valence-electron chi connectivity index (χ4n) is 2.39. The van der Waals surface area contributed by atoms with Gasteiger partial charge in [-0.05, 0) is 47.5 Å². The zero-order valence-electron chi connectivity index (χ0n) is 11.9. The monoisotopic (exact) mass is 378 g/mol. The van der Waals surface area contributed by atoms with Gasteiger partial charge in [0.1, 0.15) is 0 Å². The van der Waals surface area contributed by atoms with Crippen molar-refractivity contribution in [3.8, 4) is 0 Å². The molecule has 0 amide bonds. The van der Waals surface area contributed by atoms with E-state index in [9.17, 15) is 13.5 Å². The van der Waals surface area contributed by atoms with E-state index >= 15 is 0 Å². The Hall–Kier alpha value is -0.670. The van der Waals surface area contributed by atoms with Gasteiger partial charge in [-0.25, -0.2) is 8.42 Å². The summed E-state index contributed by atoms with van der Waals surface area (Å²) < 4.78 is 33.1. The standard InChI is InChI=1S/C13H19BrN2O4S/c1-8-3-11(14)12(15)4-13(8)21(18,19)16-5-9(2)20-10(6-16)7-17/h3-4,9-10,17H,5-7,15H2,1-2H3. The summed E-state index contributed by atoms with van der Waals surface area (Å²) in [6.07, 6.45) is -0.768. The predicted octanol–water partition coefficient (Wildman–Crippen LogP) is 1.11. The van der Waals surface area contributed by atoms with Crippen LogP contribution in [0, 0.1) is 6.92 Å². The molecule has 2 unspecified atom stereocenters. The van der Waals surface area contributed by atoms with Crippen molar-refractivity contribution in [2.24, 2.45) is 0 Å². The van der Waals surface area contributed by atoms with Crippen molar-refractivity contribution >= 4 is 31.6 Å². The third-order valence-corrected chi connectivity index (χ3v) is 6.07. The summed E-state index contributed by atoms with van der Waals surface area (Å²) in [5.41, 5.74) is 6.80. The van der Waals surface area contributed by atoms with E-state index in [0.717, 1.165) is 0 Å². The SMILES string of the molecule is Cc1cc(Br)c(N)cc1S(=O)(=O)N1CC(C)OC(CO)C1. The molecular weight excluding hydrogens is 360 g/mol. The Morgan fingerprint density at radius 2 is 2.14 bits per heavy atom. The molecule has 0 aliphatic carbocycles. The van der Waals surface area contributed by atoms with Gasteiger partial charge < -0.3 is 15.6 Å². The third kappa shape index (κ3) is 3.40. The molecular formula is C13H19BrN2O4S. The van der Waals surface area contributed by atoms with E-state index < -0.39 is 16.1 Å². The first-order chi connectivity index (χ1) is 9.75. The van der Waals surface area contributed by atoms with Crippen LogP contribution >= 0.6 is 15.9 Å². The topological polar surface area (TPSA) is 92.9 Å². The quantitative estimate of drug-likeness (QED) is 0.768. The van der Waals surface area contributed by atoms with Crippen LogP contribution in [0.25, 0.3) is 0 Å². The maximum Gasteiger partial charge on any atom is 0.243 e. The van der Waals surface area contributed by atoms with Crippen molar-refractivity contribution in [2.45, 2.75) is 31.0 Å². The lowest BCUT2D eigenvalue weighted by molar-refractivity contribution is -0.0750. The number of hydrogen-bond acceptors (Lipinski definition) is 5. The van der Waals surface area contributed by atoms with Gasteiger partial charge in [0.05, 0.1) is 23.7 Å². The first-order valence-electron chi connectivity index (χ1n) is 6.57. The van der Waals surface area contributed by atoms with Crippen LogP contribution in [0.5, 0.6) is 0 Å². The lowest BCUT2D eigenvalue weighted by Crippen LogP contribution is -2.50. The van der Waals surface area contributed by atoms with Gasteiger partial charge in [-0.2, -0.15) is 4.31 Å². The fourth-order valence-corrected chi connectivity index (χ4v) is 4.63. The number of nitrogens with two attached hydrogens (primary N) is 1. The number of benzene rings is 1. The van der Waals surface area contributed by atoms with Crippen molar-refractivity contribution < 1.29 is 18.3 Å². The van der Waals surface area contributed by atoms with E-state index in [2.05, 4.69) is 15.9 Å². The van der Waals surface area contributed by atoms with Crippen LogP contribution in [0.4, 0.5) is 5.69 Å². The highest BCUT2D eigenvalue weighted by Crippen LogP contribution is 2.29. The number of ether oxygens (including phenoxy) is 1. The maximum atomic E-state index is 12.8. The van der Waals surface area contributed by atoms with E-state index in [-0.39, 0.29) is 30.7 Å². The lowest BCUT2D eigenvalue weighted by Gasteiger charge is -2.35. The third-order valence-electron chi connectivity index (χ3n) is 3.41. The number of halogens is 1. The van der Waals surface area contributed by atoms with Gasteiger partial charge in [0.2, 0.25) is 10.0 Å². The van der Waals surface area contributed by atoms with Crippen LogP contribution in [-0.4, -0.2) is 49.7 Å². The van der Waals surface area contributed by atoms with Crippen molar-refractivity contribution in [1.82, 2.24) is 4.31 Å². The van der Waals surface area contributed by atoms with Crippen LogP contribution in [0.3, 0.4) is 0 Å². The lowest BCUT2D eigenvalue weighted by atomic mass is 10.2. The highest BCUT2D eigenvalue weighted by Gasteiger charge is 2.34. The zero-order valence-corrected chi connectivity index (χ0v) is 14.3. The minimum atomic E-state index is -3.67.